The van der Waals surface area contributed by atoms with E-state index < -0.39 is 10.6 Å². The van der Waals surface area contributed by atoms with Gasteiger partial charge in [-0.25, -0.2) is 9.78 Å². The van der Waals surface area contributed by atoms with Crippen molar-refractivity contribution in [3.63, 3.8) is 0 Å². The summed E-state index contributed by atoms with van der Waals surface area (Å²) in [5.74, 6) is 0.970. The van der Waals surface area contributed by atoms with Crippen LogP contribution in [0.3, 0.4) is 0 Å². The topological polar surface area (TPSA) is 163 Å². The number of tetrazole rings is 1. The van der Waals surface area contributed by atoms with Gasteiger partial charge in [0.25, 0.3) is 11.2 Å². The number of imidazole rings is 1. The van der Waals surface area contributed by atoms with Crippen molar-refractivity contribution in [2.75, 3.05) is 13.1 Å². The van der Waals surface area contributed by atoms with Gasteiger partial charge in [-0.2, -0.15) is 5.21 Å². The Kier molecular flexibility index (Phi) is 8.10. The largest absolute Gasteiger partial charge is 0.332 e. The maximum absolute atomic E-state index is 13.8. The number of aryl methyl sites for hydroxylation is 2. The predicted molar refractivity (Wildman–Crippen MR) is 140 cm³/mol. The zero-order valence-corrected chi connectivity index (χ0v) is 22.0. The highest BCUT2D eigenvalue weighted by Crippen LogP contribution is 2.23. The van der Waals surface area contributed by atoms with Gasteiger partial charge < -0.3 is 4.57 Å². The van der Waals surface area contributed by atoms with E-state index in [9.17, 15) is 19.7 Å². The van der Waals surface area contributed by atoms with Crippen molar-refractivity contribution < 1.29 is 4.92 Å². The van der Waals surface area contributed by atoms with E-state index in [0.717, 1.165) is 18.7 Å². The molecule has 4 rings (SSSR count). The lowest BCUT2D eigenvalue weighted by atomic mass is 10.1. The Hall–Kier alpha value is -4.20. The zero-order valence-electron chi connectivity index (χ0n) is 22.0. The van der Waals surface area contributed by atoms with Gasteiger partial charge in [0.1, 0.15) is 5.82 Å². The Morgan fingerprint density at radius 2 is 1.79 bits per heavy atom. The predicted octanol–water partition coefficient (Wildman–Crippen LogP) is 1.88. The maximum atomic E-state index is 13.8. The number of nitrogens with zero attached hydrogens (tertiary/aromatic N) is 9. The number of H-pyrrole nitrogens is 1. The number of nitro benzene ring substituents is 1. The molecule has 202 valence electrons. The Balaban J connectivity index is 1.90. The highest BCUT2D eigenvalue weighted by atomic mass is 16.6. The molecule has 0 saturated heterocycles. The summed E-state index contributed by atoms with van der Waals surface area (Å²) in [6.07, 6.45) is 1.04. The van der Waals surface area contributed by atoms with Crippen LogP contribution in [0.15, 0.2) is 33.9 Å². The number of aromatic nitrogens is 8. The molecule has 0 bridgehead atoms. The minimum atomic E-state index is -0.451. The maximum Gasteiger partial charge on any atom is 0.332 e. The molecule has 0 fully saturated rings. The molecule has 14 nitrogen and oxygen atoms in total. The minimum absolute atomic E-state index is 0.0000401. The standard InChI is InChI=1S/C24H32N10O4/c1-5-13-32-23(35)21-22(31(24(32)36)14-12-17-8-10-18(11-9-17)34(37)38)25-20(15-19-26-28-29-27-19)33(21)16(4)30(6-2)7-3/h8-11,16H,5-7,12-15H2,1-4H3,(H,26,27,28,29). The van der Waals surface area contributed by atoms with Gasteiger partial charge in [0.15, 0.2) is 17.0 Å². The third kappa shape index (κ3) is 5.11. The Morgan fingerprint density at radius 1 is 1.08 bits per heavy atom. The fourth-order valence-electron chi connectivity index (χ4n) is 4.79. The molecule has 1 N–H and O–H groups in total. The summed E-state index contributed by atoms with van der Waals surface area (Å²) in [5, 5.41) is 25.2. The van der Waals surface area contributed by atoms with Crippen molar-refractivity contribution in [2.24, 2.45) is 0 Å². The van der Waals surface area contributed by atoms with Gasteiger partial charge in [0, 0.05) is 25.2 Å². The van der Waals surface area contributed by atoms with E-state index in [4.69, 9.17) is 4.98 Å². The molecule has 3 heterocycles. The van der Waals surface area contributed by atoms with Crippen molar-refractivity contribution >= 4 is 16.9 Å². The zero-order chi connectivity index (χ0) is 27.4. The van der Waals surface area contributed by atoms with Crippen LogP contribution in [0.25, 0.3) is 11.2 Å². The van der Waals surface area contributed by atoms with E-state index in [1.165, 1.54) is 21.3 Å². The molecule has 0 aliphatic heterocycles. The molecule has 0 spiro atoms. The summed E-state index contributed by atoms with van der Waals surface area (Å²) in [4.78, 5) is 44.9. The molecule has 14 heteroatoms. The van der Waals surface area contributed by atoms with Gasteiger partial charge in [-0.05, 0) is 38.4 Å². The van der Waals surface area contributed by atoms with Gasteiger partial charge in [0.05, 0.1) is 17.5 Å². The summed E-state index contributed by atoms with van der Waals surface area (Å²) in [6.45, 7) is 10.0. The number of aromatic amines is 1. The summed E-state index contributed by atoms with van der Waals surface area (Å²) in [6, 6.07) is 6.22. The number of rotatable bonds is 12. The first-order valence-electron chi connectivity index (χ1n) is 12.7. The van der Waals surface area contributed by atoms with E-state index in [0.29, 0.717) is 35.7 Å². The monoisotopic (exact) mass is 524 g/mol. The van der Waals surface area contributed by atoms with Gasteiger partial charge >= 0.3 is 5.69 Å². The summed E-state index contributed by atoms with van der Waals surface area (Å²) in [5.41, 5.74) is 0.653. The molecule has 0 aliphatic carbocycles. The first-order chi connectivity index (χ1) is 18.3. The average Bonchev–Trinajstić information content (AvgIpc) is 3.55. The number of nitrogens with one attached hydrogen (secondary N) is 1. The van der Waals surface area contributed by atoms with Crippen molar-refractivity contribution in [3.8, 4) is 0 Å². The summed E-state index contributed by atoms with van der Waals surface area (Å²) >= 11 is 0. The van der Waals surface area contributed by atoms with E-state index in [2.05, 4.69) is 25.5 Å². The van der Waals surface area contributed by atoms with Crippen molar-refractivity contribution in [2.45, 2.75) is 66.2 Å². The van der Waals surface area contributed by atoms with Crippen molar-refractivity contribution in [3.05, 3.63) is 72.4 Å². The number of non-ortho nitro benzene ring substituents is 1. The number of nitro groups is 1. The van der Waals surface area contributed by atoms with Crippen molar-refractivity contribution in [1.82, 2.24) is 44.2 Å². The van der Waals surface area contributed by atoms with Crippen LogP contribution in [0.2, 0.25) is 0 Å². The highest BCUT2D eigenvalue weighted by molar-refractivity contribution is 5.71. The van der Waals surface area contributed by atoms with Crippen LogP contribution in [0.1, 0.15) is 57.5 Å². The van der Waals surface area contributed by atoms with Gasteiger partial charge in [-0.1, -0.05) is 38.1 Å². The lowest BCUT2D eigenvalue weighted by Gasteiger charge is -2.29. The molecular formula is C24H32N10O4. The van der Waals surface area contributed by atoms with Gasteiger partial charge in [-0.3, -0.25) is 28.9 Å². The fourth-order valence-corrected chi connectivity index (χ4v) is 4.79. The quantitative estimate of drug-likeness (QED) is 0.215. The summed E-state index contributed by atoms with van der Waals surface area (Å²) < 4.78 is 4.68. The van der Waals surface area contributed by atoms with E-state index in [1.807, 2.05) is 32.3 Å². The second-order valence-corrected chi connectivity index (χ2v) is 8.99. The average molecular weight is 525 g/mol. The smallest absolute Gasteiger partial charge is 0.305 e. The first-order valence-corrected chi connectivity index (χ1v) is 12.7. The molecule has 0 amide bonds. The number of fused-ring (bicyclic) bond motifs is 1. The SMILES string of the molecule is CCCn1c(=O)c2c(nc(Cc3nn[nH]n3)n2C(C)N(CC)CC)n(CCc2ccc([N+](=O)[O-])cc2)c1=O. The second kappa shape index (κ2) is 11.5. The molecule has 1 atom stereocenters. The number of hydrogen-bond acceptors (Lipinski definition) is 9. The Labute approximate surface area is 218 Å². The molecule has 0 aliphatic rings. The van der Waals surface area contributed by atoms with Crippen LogP contribution in [0.5, 0.6) is 0 Å². The Morgan fingerprint density at radius 3 is 2.37 bits per heavy atom. The molecule has 0 saturated carbocycles. The van der Waals surface area contributed by atoms with Crippen LogP contribution >= 0.6 is 0 Å². The van der Waals surface area contributed by atoms with E-state index >= 15 is 0 Å². The fraction of sp³-hybridized carbons (Fsp3) is 0.500. The highest BCUT2D eigenvalue weighted by Gasteiger charge is 2.26. The molecule has 3 aromatic heterocycles. The van der Waals surface area contributed by atoms with Crippen LogP contribution < -0.4 is 11.2 Å². The second-order valence-electron chi connectivity index (χ2n) is 8.99. The molecule has 0 radical (unpaired) electrons. The van der Waals surface area contributed by atoms with E-state index in [1.54, 1.807) is 12.1 Å². The number of hydrogen-bond donors (Lipinski definition) is 1. The third-order valence-corrected chi connectivity index (χ3v) is 6.77. The van der Waals surface area contributed by atoms with Gasteiger partial charge in [-0.15, -0.1) is 10.2 Å². The normalized spacial score (nSPS) is 12.4. The van der Waals surface area contributed by atoms with Crippen LogP contribution in [0.4, 0.5) is 5.69 Å². The van der Waals surface area contributed by atoms with Crippen LogP contribution in [-0.4, -0.2) is 62.2 Å². The lowest BCUT2D eigenvalue weighted by molar-refractivity contribution is -0.384. The van der Waals surface area contributed by atoms with Crippen LogP contribution in [-0.2, 0) is 25.9 Å². The first kappa shape index (κ1) is 26.9. The molecule has 38 heavy (non-hydrogen) atoms. The van der Waals surface area contributed by atoms with Crippen LogP contribution in [0, 0.1) is 10.1 Å². The lowest BCUT2D eigenvalue weighted by Crippen LogP contribution is -2.41. The molecule has 1 aromatic carbocycles. The molecule has 4 aromatic rings. The van der Waals surface area contributed by atoms with Gasteiger partial charge in [0.2, 0.25) is 0 Å². The minimum Gasteiger partial charge on any atom is -0.305 e. The molecular weight excluding hydrogens is 492 g/mol. The Bertz CT molecular complexity index is 1520. The third-order valence-electron chi connectivity index (χ3n) is 6.77. The molecule has 1 unspecified atom stereocenters. The van der Waals surface area contributed by atoms with Crippen molar-refractivity contribution in [1.29, 1.82) is 0 Å². The van der Waals surface area contributed by atoms with E-state index in [-0.39, 0.29) is 36.9 Å². The number of benzene rings is 1. The summed E-state index contributed by atoms with van der Waals surface area (Å²) in [7, 11) is 0.